The molecule has 0 aliphatic rings. The molecule has 154 valence electrons. The zero-order valence-electron chi connectivity index (χ0n) is 16.0. The summed E-state index contributed by atoms with van der Waals surface area (Å²) in [5.41, 5.74) is 6.30. The van der Waals surface area contributed by atoms with Gasteiger partial charge < -0.3 is 13.9 Å². The molecule has 0 radical (unpaired) electrons. The molecule has 0 spiro atoms. The molecule has 2 amide bonds. The van der Waals surface area contributed by atoms with Crippen LogP contribution in [0.2, 0.25) is 0 Å². The number of amides is 2. The molecule has 1 aromatic heterocycles. The molecule has 0 fully saturated rings. The van der Waals surface area contributed by atoms with E-state index in [-0.39, 0.29) is 12.4 Å². The Hall–Kier alpha value is -4.07. The molecule has 8 nitrogen and oxygen atoms in total. The van der Waals surface area contributed by atoms with Gasteiger partial charge >= 0.3 is 11.9 Å². The summed E-state index contributed by atoms with van der Waals surface area (Å²) in [5, 5.41) is 0. The Kier molecular flexibility index (Phi) is 7.21. The van der Waals surface area contributed by atoms with Crippen LogP contribution < -0.4 is 15.6 Å². The highest BCUT2D eigenvalue weighted by molar-refractivity contribution is 5.93. The molecule has 3 aromatic rings. The lowest BCUT2D eigenvalue weighted by molar-refractivity contribution is -0.150. The maximum absolute atomic E-state index is 11.9. The van der Waals surface area contributed by atoms with E-state index in [1.807, 2.05) is 48.5 Å². The van der Waals surface area contributed by atoms with Crippen molar-refractivity contribution in [3.8, 4) is 5.75 Å². The molecule has 30 heavy (non-hydrogen) atoms. The van der Waals surface area contributed by atoms with Gasteiger partial charge in [0.15, 0.2) is 19.0 Å². The highest BCUT2D eigenvalue weighted by atomic mass is 16.6. The molecular weight excluding hydrogens is 388 g/mol. The monoisotopic (exact) mass is 408 g/mol. The molecule has 3 rings (SSSR count). The summed E-state index contributed by atoms with van der Waals surface area (Å²) in [6, 6.07) is 20.2. The predicted molar refractivity (Wildman–Crippen MR) is 106 cm³/mol. The minimum atomic E-state index is -0.711. The van der Waals surface area contributed by atoms with Crippen LogP contribution in [0.5, 0.6) is 5.75 Å². The second kappa shape index (κ2) is 10.5. The van der Waals surface area contributed by atoms with Crippen molar-refractivity contribution in [2.45, 2.75) is 6.42 Å². The molecule has 2 aromatic carbocycles. The number of hydrogen-bond acceptors (Lipinski definition) is 6. The van der Waals surface area contributed by atoms with E-state index in [1.165, 1.54) is 18.4 Å². The highest BCUT2D eigenvalue weighted by Crippen LogP contribution is 2.21. The standard InChI is InChI=1S/C22H20N2O6/c25-20(23-24-22(27)19-11-6-12-28-19)14-30-21(26)15-29-18-10-5-4-9-17(18)13-16-7-2-1-3-8-16/h1-12H,13-15H2,(H,23,25)(H,24,27). The summed E-state index contributed by atoms with van der Waals surface area (Å²) in [5.74, 6) is -1.44. The van der Waals surface area contributed by atoms with Crippen LogP contribution >= 0.6 is 0 Å². The van der Waals surface area contributed by atoms with E-state index in [4.69, 9.17) is 13.9 Å². The maximum atomic E-state index is 11.9. The lowest BCUT2D eigenvalue weighted by Crippen LogP contribution is -2.43. The number of rotatable bonds is 8. The minimum absolute atomic E-state index is 0.0369. The maximum Gasteiger partial charge on any atom is 0.344 e. The van der Waals surface area contributed by atoms with Crippen molar-refractivity contribution in [3.63, 3.8) is 0 Å². The Morgan fingerprint density at radius 2 is 1.60 bits per heavy atom. The normalized spacial score (nSPS) is 10.1. The molecule has 0 atom stereocenters. The van der Waals surface area contributed by atoms with E-state index in [0.717, 1.165) is 11.1 Å². The lowest BCUT2D eigenvalue weighted by Gasteiger charge is -2.11. The Labute approximate surface area is 172 Å². The Balaban J connectivity index is 1.41. The van der Waals surface area contributed by atoms with Crippen LogP contribution in [-0.4, -0.2) is 31.0 Å². The predicted octanol–water partition coefficient (Wildman–Crippen LogP) is 2.25. The Morgan fingerprint density at radius 1 is 0.833 bits per heavy atom. The van der Waals surface area contributed by atoms with Gasteiger partial charge in [0.25, 0.3) is 5.91 Å². The van der Waals surface area contributed by atoms with Gasteiger partial charge in [-0.2, -0.15) is 0 Å². The minimum Gasteiger partial charge on any atom is -0.482 e. The van der Waals surface area contributed by atoms with Crippen LogP contribution in [0.3, 0.4) is 0 Å². The van der Waals surface area contributed by atoms with E-state index in [1.54, 1.807) is 6.07 Å². The van der Waals surface area contributed by atoms with E-state index in [0.29, 0.717) is 12.2 Å². The van der Waals surface area contributed by atoms with E-state index in [9.17, 15) is 14.4 Å². The van der Waals surface area contributed by atoms with Gasteiger partial charge in [-0.3, -0.25) is 20.4 Å². The van der Waals surface area contributed by atoms with Gasteiger partial charge in [0.2, 0.25) is 0 Å². The van der Waals surface area contributed by atoms with Gasteiger partial charge in [-0.05, 0) is 29.3 Å². The summed E-state index contributed by atoms with van der Waals surface area (Å²) in [7, 11) is 0. The molecule has 0 saturated heterocycles. The number of para-hydroxylation sites is 1. The van der Waals surface area contributed by atoms with Gasteiger partial charge in [0, 0.05) is 6.42 Å². The average molecular weight is 408 g/mol. The number of hydrogen-bond donors (Lipinski definition) is 2. The fourth-order valence-electron chi connectivity index (χ4n) is 2.56. The van der Waals surface area contributed by atoms with Gasteiger partial charge in [-0.15, -0.1) is 0 Å². The van der Waals surface area contributed by atoms with E-state index in [2.05, 4.69) is 10.9 Å². The van der Waals surface area contributed by atoms with Gasteiger partial charge in [0.1, 0.15) is 5.75 Å². The third-order valence-electron chi connectivity index (χ3n) is 3.98. The number of ether oxygens (including phenoxy) is 2. The summed E-state index contributed by atoms with van der Waals surface area (Å²) in [6.45, 7) is -0.913. The number of benzene rings is 2. The van der Waals surface area contributed by atoms with Crippen molar-refractivity contribution in [1.82, 2.24) is 10.9 Å². The summed E-state index contributed by atoms with van der Waals surface area (Å²) >= 11 is 0. The average Bonchev–Trinajstić information content (AvgIpc) is 3.31. The van der Waals surface area contributed by atoms with Crippen LogP contribution in [0.1, 0.15) is 21.7 Å². The second-order valence-electron chi connectivity index (χ2n) is 6.20. The fourth-order valence-corrected chi connectivity index (χ4v) is 2.56. The summed E-state index contributed by atoms with van der Waals surface area (Å²) in [6.07, 6.45) is 1.99. The van der Waals surface area contributed by atoms with Crippen molar-refractivity contribution in [2.24, 2.45) is 0 Å². The van der Waals surface area contributed by atoms with Gasteiger partial charge in [-0.25, -0.2) is 4.79 Å². The molecule has 8 heteroatoms. The number of nitrogens with one attached hydrogen (secondary N) is 2. The van der Waals surface area contributed by atoms with E-state index < -0.39 is 24.4 Å². The number of esters is 1. The third kappa shape index (κ3) is 6.23. The van der Waals surface area contributed by atoms with Crippen molar-refractivity contribution >= 4 is 17.8 Å². The summed E-state index contributed by atoms with van der Waals surface area (Å²) in [4.78, 5) is 35.2. The van der Waals surface area contributed by atoms with Crippen LogP contribution in [0.4, 0.5) is 0 Å². The van der Waals surface area contributed by atoms with Crippen molar-refractivity contribution in [3.05, 3.63) is 89.9 Å². The van der Waals surface area contributed by atoms with Gasteiger partial charge in [0.05, 0.1) is 6.26 Å². The molecule has 1 heterocycles. The lowest BCUT2D eigenvalue weighted by atomic mass is 10.0. The molecule has 2 N–H and O–H groups in total. The van der Waals surface area contributed by atoms with Crippen LogP contribution in [-0.2, 0) is 20.7 Å². The second-order valence-corrected chi connectivity index (χ2v) is 6.20. The first kappa shape index (κ1) is 20.7. The smallest absolute Gasteiger partial charge is 0.344 e. The zero-order chi connectivity index (χ0) is 21.2. The third-order valence-corrected chi connectivity index (χ3v) is 3.98. The molecule has 0 aliphatic heterocycles. The first-order valence-electron chi connectivity index (χ1n) is 9.15. The first-order chi connectivity index (χ1) is 14.6. The molecule has 0 unspecified atom stereocenters. The van der Waals surface area contributed by atoms with Crippen LogP contribution in [0.15, 0.2) is 77.4 Å². The molecule has 0 saturated carbocycles. The number of furan rings is 1. The topological polar surface area (TPSA) is 107 Å². The van der Waals surface area contributed by atoms with Crippen molar-refractivity contribution in [2.75, 3.05) is 13.2 Å². The zero-order valence-corrected chi connectivity index (χ0v) is 16.0. The molecule has 0 bridgehead atoms. The SMILES string of the molecule is O=C(COC(=O)COc1ccccc1Cc1ccccc1)NNC(=O)c1ccco1. The molecule has 0 aliphatic carbocycles. The van der Waals surface area contributed by atoms with Crippen LogP contribution in [0, 0.1) is 0 Å². The Morgan fingerprint density at radius 3 is 2.37 bits per heavy atom. The van der Waals surface area contributed by atoms with Gasteiger partial charge in [-0.1, -0.05) is 48.5 Å². The number of hydrazine groups is 1. The number of carbonyl (C=O) groups is 3. The fraction of sp³-hybridized carbons (Fsp3) is 0.136. The number of carbonyl (C=O) groups excluding carboxylic acids is 3. The quantitative estimate of drug-likeness (QED) is 0.437. The molecular formula is C22H20N2O6. The van der Waals surface area contributed by atoms with Crippen molar-refractivity contribution in [1.29, 1.82) is 0 Å². The largest absolute Gasteiger partial charge is 0.482 e. The first-order valence-corrected chi connectivity index (χ1v) is 9.15. The van der Waals surface area contributed by atoms with Crippen LogP contribution in [0.25, 0.3) is 0 Å². The summed E-state index contributed by atoms with van der Waals surface area (Å²) < 4.78 is 15.3. The Bertz CT molecular complexity index is 986. The highest BCUT2D eigenvalue weighted by Gasteiger charge is 2.12. The van der Waals surface area contributed by atoms with E-state index >= 15 is 0 Å². The van der Waals surface area contributed by atoms with Crippen molar-refractivity contribution < 1.29 is 28.3 Å².